The predicted molar refractivity (Wildman–Crippen MR) is 70.3 cm³/mol. The molecule has 0 aliphatic heterocycles. The van der Waals surface area contributed by atoms with Crippen LogP contribution in [0, 0.1) is 17.3 Å². The Morgan fingerprint density at radius 3 is 2.84 bits per heavy atom. The Labute approximate surface area is 113 Å². The van der Waals surface area contributed by atoms with Gasteiger partial charge in [0, 0.05) is 18.9 Å². The highest BCUT2D eigenvalue weighted by atomic mass is 16.5. The zero-order valence-electron chi connectivity index (χ0n) is 11.6. The molecule has 5 atom stereocenters. The first kappa shape index (κ1) is 14.3. The van der Waals surface area contributed by atoms with Gasteiger partial charge in [0.15, 0.2) is 0 Å². The zero-order chi connectivity index (χ0) is 14.2. The Hall–Kier alpha value is -1.16. The van der Waals surface area contributed by atoms with Crippen LogP contribution in [0.2, 0.25) is 0 Å². The van der Waals surface area contributed by atoms with Gasteiger partial charge in [0.2, 0.25) is 0 Å². The molecule has 2 fully saturated rings. The Morgan fingerprint density at radius 2 is 2.21 bits per heavy atom. The fourth-order valence-corrected chi connectivity index (χ4v) is 3.85. The van der Waals surface area contributed by atoms with Gasteiger partial charge >= 0.3 is 5.97 Å². The van der Waals surface area contributed by atoms with Crippen LogP contribution in [0.1, 0.15) is 39.5 Å². The van der Waals surface area contributed by atoms with E-state index < -0.39 is 17.5 Å². The van der Waals surface area contributed by atoms with Gasteiger partial charge in [-0.25, -0.2) is 4.79 Å². The number of aliphatic hydroxyl groups excluding tert-OH is 1. The molecule has 2 rings (SSSR count). The monoisotopic (exact) mass is 266 g/mol. The highest BCUT2D eigenvalue weighted by Gasteiger charge is 2.55. The normalized spacial score (nSPS) is 42.4. The van der Waals surface area contributed by atoms with Gasteiger partial charge in [-0.1, -0.05) is 13.5 Å². The van der Waals surface area contributed by atoms with Crippen LogP contribution in [0.15, 0.2) is 12.7 Å². The fraction of sp³-hybridized carbons (Fsp3) is 0.733. The van der Waals surface area contributed by atoms with Crippen LogP contribution in [0.25, 0.3) is 0 Å². The molecule has 2 aliphatic carbocycles. The molecule has 0 aromatic carbocycles. The molecule has 2 saturated carbocycles. The van der Waals surface area contributed by atoms with E-state index in [1.54, 1.807) is 0 Å². The van der Waals surface area contributed by atoms with Crippen molar-refractivity contribution in [3.63, 3.8) is 0 Å². The molecule has 0 amide bonds. The molecular weight excluding hydrogens is 244 g/mol. The molecule has 19 heavy (non-hydrogen) atoms. The van der Waals surface area contributed by atoms with Gasteiger partial charge in [0.25, 0.3) is 0 Å². The van der Waals surface area contributed by atoms with E-state index in [1.165, 1.54) is 0 Å². The molecule has 2 aliphatic rings. The van der Waals surface area contributed by atoms with Gasteiger partial charge in [0.1, 0.15) is 11.9 Å². The number of aliphatic hydroxyl groups is 1. The number of carbonyl (C=O) groups excluding carboxylic acids is 2. The minimum atomic E-state index is -0.736. The summed E-state index contributed by atoms with van der Waals surface area (Å²) >= 11 is 0. The number of carbonyl (C=O) groups is 2. The largest absolute Gasteiger partial charge is 0.459 e. The predicted octanol–water partition coefficient (Wildman–Crippen LogP) is 1.86. The number of rotatable bonds is 2. The van der Waals surface area contributed by atoms with E-state index in [1.807, 2.05) is 6.92 Å². The summed E-state index contributed by atoms with van der Waals surface area (Å²) in [6.07, 6.45) is 2.49. The molecule has 0 spiro atoms. The third-order valence-electron chi connectivity index (χ3n) is 5.00. The van der Waals surface area contributed by atoms with Gasteiger partial charge in [-0.3, -0.25) is 4.79 Å². The Balaban J connectivity index is 2.21. The number of hydrogen-bond acceptors (Lipinski definition) is 4. The molecule has 4 nitrogen and oxygen atoms in total. The van der Waals surface area contributed by atoms with Gasteiger partial charge in [-0.2, -0.15) is 0 Å². The molecule has 0 aromatic heterocycles. The maximum Gasteiger partial charge on any atom is 0.330 e. The van der Waals surface area contributed by atoms with E-state index in [2.05, 4.69) is 13.5 Å². The lowest BCUT2D eigenvalue weighted by Crippen LogP contribution is -2.42. The van der Waals surface area contributed by atoms with E-state index in [-0.39, 0.29) is 23.7 Å². The minimum absolute atomic E-state index is 0.146. The SMILES string of the molecule is C=CC(=O)O[C@@H]1C[C@H](C)[C@@H]2CCC(=O)[C@@]2(C)[C@@H](O)C1. The standard InChI is InChI=1S/C15H22O4/c1-4-14(18)19-10-7-9(2)11-5-6-12(16)15(11,3)13(17)8-10/h4,9-11,13,17H,1,5-8H2,2-3H3/t9-,10+,11-,13-,15-/m0/s1. The van der Waals surface area contributed by atoms with Crippen LogP contribution in [0.5, 0.6) is 0 Å². The van der Waals surface area contributed by atoms with Crippen molar-refractivity contribution in [1.82, 2.24) is 0 Å². The van der Waals surface area contributed by atoms with Crippen LogP contribution in [0.3, 0.4) is 0 Å². The summed E-state index contributed by atoms with van der Waals surface area (Å²) in [5, 5.41) is 10.4. The van der Waals surface area contributed by atoms with E-state index >= 15 is 0 Å². The van der Waals surface area contributed by atoms with E-state index in [0.717, 1.165) is 12.5 Å². The van der Waals surface area contributed by atoms with E-state index in [0.29, 0.717) is 19.3 Å². The third kappa shape index (κ3) is 2.34. The second kappa shape index (κ2) is 5.08. The van der Waals surface area contributed by atoms with E-state index in [4.69, 9.17) is 4.74 Å². The van der Waals surface area contributed by atoms with Crippen LogP contribution in [-0.2, 0) is 14.3 Å². The minimum Gasteiger partial charge on any atom is -0.459 e. The molecule has 0 unspecified atom stereocenters. The lowest BCUT2D eigenvalue weighted by molar-refractivity contribution is -0.145. The van der Waals surface area contributed by atoms with Crippen molar-refractivity contribution < 1.29 is 19.4 Å². The second-order valence-electron chi connectivity index (χ2n) is 6.08. The van der Waals surface area contributed by atoms with Crippen molar-refractivity contribution in [1.29, 1.82) is 0 Å². The molecule has 106 valence electrons. The Morgan fingerprint density at radius 1 is 1.53 bits per heavy atom. The van der Waals surface area contributed by atoms with Gasteiger partial charge in [-0.15, -0.1) is 0 Å². The van der Waals surface area contributed by atoms with Crippen molar-refractivity contribution in [3.05, 3.63) is 12.7 Å². The maximum atomic E-state index is 12.1. The van der Waals surface area contributed by atoms with Crippen molar-refractivity contribution in [2.24, 2.45) is 17.3 Å². The van der Waals surface area contributed by atoms with Crippen LogP contribution in [0.4, 0.5) is 0 Å². The van der Waals surface area contributed by atoms with Crippen molar-refractivity contribution in [2.75, 3.05) is 0 Å². The molecule has 0 radical (unpaired) electrons. The summed E-state index contributed by atoms with van der Waals surface area (Å²) in [7, 11) is 0. The van der Waals surface area contributed by atoms with Crippen molar-refractivity contribution in [2.45, 2.75) is 51.7 Å². The Bertz CT molecular complexity index is 403. The van der Waals surface area contributed by atoms with E-state index in [9.17, 15) is 14.7 Å². The Kier molecular flexibility index (Phi) is 3.81. The summed E-state index contributed by atoms with van der Waals surface area (Å²) < 4.78 is 5.28. The van der Waals surface area contributed by atoms with Crippen molar-refractivity contribution >= 4 is 11.8 Å². The summed E-state index contributed by atoms with van der Waals surface area (Å²) in [5.74, 6) is 0.124. The third-order valence-corrected chi connectivity index (χ3v) is 5.00. The molecule has 0 aromatic rings. The fourth-order valence-electron chi connectivity index (χ4n) is 3.85. The van der Waals surface area contributed by atoms with Gasteiger partial charge in [0.05, 0.1) is 11.5 Å². The highest BCUT2D eigenvalue weighted by molar-refractivity contribution is 5.87. The van der Waals surface area contributed by atoms with Gasteiger partial charge < -0.3 is 9.84 Å². The number of ether oxygens (including phenoxy) is 1. The molecular formula is C15H22O4. The number of esters is 1. The topological polar surface area (TPSA) is 63.6 Å². The lowest BCUT2D eigenvalue weighted by Gasteiger charge is -2.35. The maximum absolute atomic E-state index is 12.1. The number of Topliss-reactive ketones (excluding diaryl/α,β-unsaturated/α-hetero) is 1. The molecule has 0 heterocycles. The molecule has 0 bridgehead atoms. The van der Waals surface area contributed by atoms with Crippen LogP contribution in [-0.4, -0.2) is 29.1 Å². The van der Waals surface area contributed by atoms with Crippen LogP contribution >= 0.6 is 0 Å². The number of hydrogen-bond donors (Lipinski definition) is 1. The molecule has 0 saturated heterocycles. The first-order chi connectivity index (χ1) is 8.89. The van der Waals surface area contributed by atoms with Gasteiger partial charge in [-0.05, 0) is 31.6 Å². The van der Waals surface area contributed by atoms with Crippen molar-refractivity contribution in [3.8, 4) is 0 Å². The van der Waals surface area contributed by atoms with Crippen LogP contribution < -0.4 is 0 Å². The quantitative estimate of drug-likeness (QED) is 0.612. The lowest BCUT2D eigenvalue weighted by atomic mass is 9.70. The first-order valence-corrected chi connectivity index (χ1v) is 6.94. The molecule has 1 N–H and O–H groups in total. The second-order valence-corrected chi connectivity index (χ2v) is 6.08. The average Bonchev–Trinajstić information content (AvgIpc) is 2.62. The number of fused-ring (bicyclic) bond motifs is 1. The smallest absolute Gasteiger partial charge is 0.330 e. The average molecular weight is 266 g/mol. The summed E-state index contributed by atoms with van der Waals surface area (Å²) in [6, 6.07) is 0. The first-order valence-electron chi connectivity index (χ1n) is 6.94. The molecule has 4 heteroatoms. The summed E-state index contributed by atoms with van der Waals surface area (Å²) in [4.78, 5) is 23.4. The highest BCUT2D eigenvalue weighted by Crippen LogP contribution is 2.51. The summed E-state index contributed by atoms with van der Waals surface area (Å²) in [6.45, 7) is 7.32. The zero-order valence-corrected chi connectivity index (χ0v) is 11.6. The number of ketones is 1. The summed E-state index contributed by atoms with van der Waals surface area (Å²) in [5.41, 5.74) is -0.672.